The Bertz CT molecular complexity index is 997. The van der Waals surface area contributed by atoms with Crippen molar-refractivity contribution >= 4 is 45.0 Å². The summed E-state index contributed by atoms with van der Waals surface area (Å²) in [5, 5.41) is 0.767. The van der Waals surface area contributed by atoms with Crippen LogP contribution in [-0.2, 0) is 0 Å². The van der Waals surface area contributed by atoms with E-state index >= 15 is 0 Å². The molecule has 1 amide bonds. The van der Waals surface area contributed by atoms with Gasteiger partial charge in [-0.1, -0.05) is 23.5 Å². The molecule has 0 saturated heterocycles. The van der Waals surface area contributed by atoms with E-state index < -0.39 is 0 Å². The minimum Gasteiger partial charge on any atom is -0.308 e. The van der Waals surface area contributed by atoms with E-state index in [1.165, 1.54) is 16.7 Å². The van der Waals surface area contributed by atoms with E-state index in [1.807, 2.05) is 44.1 Å². The molecule has 0 aliphatic rings. The van der Waals surface area contributed by atoms with Crippen molar-refractivity contribution in [2.45, 2.75) is 27.7 Å². The zero-order valence-corrected chi connectivity index (χ0v) is 19.0. The summed E-state index contributed by atoms with van der Waals surface area (Å²) < 4.78 is 1.12. The summed E-state index contributed by atoms with van der Waals surface area (Å²) in [4.78, 5) is 22.1. The number of aryl methyl sites for hydroxylation is 4. The maximum atomic E-state index is 13.3. The van der Waals surface area contributed by atoms with Crippen LogP contribution >= 0.6 is 23.7 Å². The van der Waals surface area contributed by atoms with Crippen molar-refractivity contribution in [1.29, 1.82) is 0 Å². The van der Waals surface area contributed by atoms with Gasteiger partial charge in [0.15, 0.2) is 5.13 Å². The molecule has 28 heavy (non-hydrogen) atoms. The minimum absolute atomic E-state index is 0. The first-order valence-corrected chi connectivity index (χ1v) is 10.00. The van der Waals surface area contributed by atoms with Gasteiger partial charge in [0.05, 0.1) is 10.2 Å². The van der Waals surface area contributed by atoms with Crippen LogP contribution in [0, 0.1) is 27.7 Å². The van der Waals surface area contributed by atoms with Crippen LogP contribution in [0.2, 0.25) is 0 Å². The van der Waals surface area contributed by atoms with Crippen molar-refractivity contribution in [2.24, 2.45) is 0 Å². The first-order chi connectivity index (χ1) is 12.8. The van der Waals surface area contributed by atoms with Gasteiger partial charge >= 0.3 is 0 Å². The maximum Gasteiger partial charge on any atom is 0.260 e. The Hall–Kier alpha value is -1.95. The zero-order valence-electron chi connectivity index (χ0n) is 17.4. The summed E-state index contributed by atoms with van der Waals surface area (Å²) in [7, 11) is 4.04. The number of anilines is 1. The van der Waals surface area contributed by atoms with Crippen LogP contribution in [-0.4, -0.2) is 43.0 Å². The van der Waals surface area contributed by atoms with E-state index in [1.54, 1.807) is 11.3 Å². The van der Waals surface area contributed by atoms with Crippen LogP contribution in [0.25, 0.3) is 10.2 Å². The highest BCUT2D eigenvalue weighted by Crippen LogP contribution is 2.32. The van der Waals surface area contributed by atoms with Gasteiger partial charge in [-0.25, -0.2) is 4.98 Å². The number of carbonyl (C=O) groups is 1. The lowest BCUT2D eigenvalue weighted by molar-refractivity contribution is 0.0985. The standard InChI is InChI=1S/C22H27N3OS.ClH/c1-14-7-9-18(13-16(14)3)21(26)25(12-11-24(5)6)22-23-20-17(4)15(2)8-10-19(20)27-22;/h7-10,13H,11-12H2,1-6H3;1H. The summed E-state index contributed by atoms with van der Waals surface area (Å²) in [5.74, 6) is 0.00776. The normalized spacial score (nSPS) is 11.0. The lowest BCUT2D eigenvalue weighted by atomic mass is 10.1. The lowest BCUT2D eigenvalue weighted by Gasteiger charge is -2.22. The van der Waals surface area contributed by atoms with Gasteiger partial charge in [-0.15, -0.1) is 12.4 Å². The number of benzene rings is 2. The topological polar surface area (TPSA) is 36.4 Å². The Morgan fingerprint density at radius 3 is 2.29 bits per heavy atom. The number of hydrogen-bond acceptors (Lipinski definition) is 4. The van der Waals surface area contributed by atoms with Gasteiger partial charge < -0.3 is 4.90 Å². The Morgan fingerprint density at radius 2 is 1.64 bits per heavy atom. The SMILES string of the molecule is Cc1ccc(C(=O)N(CCN(C)C)c2nc3c(C)c(C)ccc3s2)cc1C.Cl. The molecule has 1 aromatic heterocycles. The molecule has 0 radical (unpaired) electrons. The number of amides is 1. The molecule has 1 heterocycles. The molecule has 3 aromatic rings. The van der Waals surface area contributed by atoms with Crippen molar-refractivity contribution in [1.82, 2.24) is 9.88 Å². The molecule has 0 unspecified atom stereocenters. The van der Waals surface area contributed by atoms with E-state index in [0.29, 0.717) is 12.1 Å². The van der Waals surface area contributed by atoms with Gasteiger partial charge in [0.25, 0.3) is 5.91 Å². The van der Waals surface area contributed by atoms with E-state index in [-0.39, 0.29) is 18.3 Å². The Kier molecular flexibility index (Phi) is 7.21. The van der Waals surface area contributed by atoms with Crippen LogP contribution in [0.5, 0.6) is 0 Å². The second-order valence-electron chi connectivity index (χ2n) is 7.41. The highest BCUT2D eigenvalue weighted by Gasteiger charge is 2.22. The zero-order chi connectivity index (χ0) is 19.7. The van der Waals surface area contributed by atoms with Gasteiger partial charge in [-0.05, 0) is 82.2 Å². The number of nitrogens with zero attached hydrogens (tertiary/aromatic N) is 3. The monoisotopic (exact) mass is 417 g/mol. The largest absolute Gasteiger partial charge is 0.308 e. The Morgan fingerprint density at radius 1 is 0.964 bits per heavy atom. The molecule has 0 fully saturated rings. The number of aromatic nitrogens is 1. The number of halogens is 1. The molecule has 0 saturated carbocycles. The van der Waals surface area contributed by atoms with Crippen molar-refractivity contribution < 1.29 is 4.79 Å². The fourth-order valence-electron chi connectivity index (χ4n) is 2.94. The smallest absolute Gasteiger partial charge is 0.260 e. The summed E-state index contributed by atoms with van der Waals surface area (Å²) in [6.45, 7) is 9.68. The fourth-order valence-corrected chi connectivity index (χ4v) is 3.99. The highest BCUT2D eigenvalue weighted by molar-refractivity contribution is 7.22. The molecular weight excluding hydrogens is 390 g/mol. The molecule has 0 aliphatic carbocycles. The van der Waals surface area contributed by atoms with Crippen molar-refractivity contribution in [3.8, 4) is 0 Å². The first-order valence-electron chi connectivity index (χ1n) is 9.18. The quantitative estimate of drug-likeness (QED) is 0.575. The fraction of sp³-hybridized carbons (Fsp3) is 0.364. The average Bonchev–Trinajstić information content (AvgIpc) is 3.05. The number of thiazole rings is 1. The van der Waals surface area contributed by atoms with E-state index in [9.17, 15) is 4.79 Å². The molecule has 0 spiro atoms. The molecule has 0 atom stereocenters. The van der Waals surface area contributed by atoms with Gasteiger partial charge in [0, 0.05) is 18.7 Å². The number of fused-ring (bicyclic) bond motifs is 1. The second-order valence-corrected chi connectivity index (χ2v) is 8.42. The predicted octanol–water partition coefficient (Wildman–Crippen LogP) is 5.16. The number of carbonyl (C=O) groups excluding carboxylic acids is 1. The third-order valence-electron chi connectivity index (χ3n) is 5.07. The summed E-state index contributed by atoms with van der Waals surface area (Å²) in [6.07, 6.45) is 0. The molecule has 4 nitrogen and oxygen atoms in total. The lowest BCUT2D eigenvalue weighted by Crippen LogP contribution is -2.36. The Balaban J connectivity index is 0.00000280. The second kappa shape index (κ2) is 9.03. The predicted molar refractivity (Wildman–Crippen MR) is 122 cm³/mol. The van der Waals surface area contributed by atoms with Crippen LogP contribution < -0.4 is 4.90 Å². The van der Waals surface area contributed by atoms with Crippen molar-refractivity contribution in [3.63, 3.8) is 0 Å². The number of hydrogen-bond donors (Lipinski definition) is 0. The third kappa shape index (κ3) is 4.54. The van der Waals surface area contributed by atoms with E-state index in [0.717, 1.165) is 27.5 Å². The molecule has 2 aromatic carbocycles. The van der Waals surface area contributed by atoms with Crippen molar-refractivity contribution in [2.75, 3.05) is 32.1 Å². The first kappa shape index (κ1) is 22.3. The maximum absolute atomic E-state index is 13.3. The van der Waals surface area contributed by atoms with Gasteiger partial charge in [0.2, 0.25) is 0 Å². The molecule has 150 valence electrons. The summed E-state index contributed by atoms with van der Waals surface area (Å²) in [6, 6.07) is 10.1. The van der Waals surface area contributed by atoms with E-state index in [2.05, 4.69) is 37.8 Å². The Labute approximate surface area is 177 Å². The molecule has 3 rings (SSSR count). The molecule has 6 heteroatoms. The molecule has 0 bridgehead atoms. The molecular formula is C22H28ClN3OS. The highest BCUT2D eigenvalue weighted by atomic mass is 35.5. The van der Waals surface area contributed by atoms with Gasteiger partial charge in [-0.3, -0.25) is 9.69 Å². The van der Waals surface area contributed by atoms with Crippen LogP contribution in [0.1, 0.15) is 32.6 Å². The minimum atomic E-state index is 0. The summed E-state index contributed by atoms with van der Waals surface area (Å²) in [5.41, 5.74) is 6.43. The molecule has 0 aliphatic heterocycles. The summed E-state index contributed by atoms with van der Waals surface area (Å²) >= 11 is 1.59. The van der Waals surface area contributed by atoms with Gasteiger partial charge in [0.1, 0.15) is 0 Å². The van der Waals surface area contributed by atoms with Gasteiger partial charge in [-0.2, -0.15) is 0 Å². The van der Waals surface area contributed by atoms with Crippen LogP contribution in [0.15, 0.2) is 30.3 Å². The van der Waals surface area contributed by atoms with E-state index in [4.69, 9.17) is 4.98 Å². The number of likely N-dealkylation sites (N-methyl/N-ethyl adjacent to an activating group) is 1. The van der Waals surface area contributed by atoms with Crippen molar-refractivity contribution in [3.05, 3.63) is 58.1 Å². The third-order valence-corrected chi connectivity index (χ3v) is 6.12. The van der Waals surface area contributed by atoms with Crippen LogP contribution in [0.3, 0.4) is 0 Å². The average molecular weight is 418 g/mol. The van der Waals surface area contributed by atoms with Crippen LogP contribution in [0.4, 0.5) is 5.13 Å². The molecule has 0 N–H and O–H groups in total. The number of rotatable bonds is 5.